The smallest absolute Gasteiger partial charge is 0.315 e. The Morgan fingerprint density at radius 2 is 1.62 bits per heavy atom. The van der Waals surface area contributed by atoms with E-state index in [9.17, 15) is 9.59 Å². The number of benzene rings is 2. The van der Waals surface area contributed by atoms with Crippen LogP contribution >= 0.6 is 0 Å². The molecule has 0 radical (unpaired) electrons. The third kappa shape index (κ3) is 5.07. The lowest BCUT2D eigenvalue weighted by Crippen LogP contribution is -2.39. The van der Waals surface area contributed by atoms with Gasteiger partial charge in [0, 0.05) is 29.3 Å². The molecule has 1 fully saturated rings. The molecule has 0 amide bonds. The van der Waals surface area contributed by atoms with Gasteiger partial charge in [0.05, 0.1) is 14.2 Å². The van der Waals surface area contributed by atoms with Crippen LogP contribution in [0.4, 0.5) is 0 Å². The molecule has 1 aliphatic heterocycles. The molecule has 5 rings (SSSR count). The first kappa shape index (κ1) is 25.2. The first-order valence-electron chi connectivity index (χ1n) is 13.3. The molecule has 0 N–H and O–H groups in total. The zero-order valence-electron chi connectivity index (χ0n) is 21.9. The average molecular weight is 502 g/mol. The fraction of sp³-hybridized carbons (Fsp3) is 0.452. The van der Waals surface area contributed by atoms with E-state index in [1.807, 2.05) is 43.3 Å². The van der Waals surface area contributed by atoms with Crippen molar-refractivity contribution in [1.29, 1.82) is 0 Å². The van der Waals surface area contributed by atoms with Crippen molar-refractivity contribution in [2.24, 2.45) is 10.9 Å². The van der Waals surface area contributed by atoms with E-state index >= 15 is 0 Å². The Labute approximate surface area is 218 Å². The Kier molecular flexibility index (Phi) is 7.45. The average Bonchev–Trinajstić information content (AvgIpc) is 2.92. The van der Waals surface area contributed by atoms with Gasteiger partial charge in [-0.15, -0.1) is 0 Å². The van der Waals surface area contributed by atoms with Gasteiger partial charge in [-0.25, -0.2) is 0 Å². The molecular formula is C31H35NO5. The summed E-state index contributed by atoms with van der Waals surface area (Å²) in [6, 6.07) is 15.8. The summed E-state index contributed by atoms with van der Waals surface area (Å²) >= 11 is 0. The fourth-order valence-electron chi connectivity index (χ4n) is 6.15. The normalized spacial score (nSPS) is 24.2. The lowest BCUT2D eigenvalue weighted by molar-refractivity contribution is -0.153. The highest BCUT2D eigenvalue weighted by Crippen LogP contribution is 2.48. The summed E-state index contributed by atoms with van der Waals surface area (Å²) in [5.41, 5.74) is 4.08. The molecule has 2 aromatic carbocycles. The SMILES string of the molecule is COc1ccc([C@@H]2C3=C(C[C@H](c4ccccc4)CC3=O)N=C(C)C2C(=O)OC2CCCCC2)cc1OC. The van der Waals surface area contributed by atoms with Gasteiger partial charge in [0.15, 0.2) is 17.3 Å². The van der Waals surface area contributed by atoms with E-state index in [0.717, 1.165) is 42.5 Å². The van der Waals surface area contributed by atoms with Gasteiger partial charge in [-0.3, -0.25) is 14.6 Å². The van der Waals surface area contributed by atoms with Crippen LogP contribution in [-0.2, 0) is 14.3 Å². The van der Waals surface area contributed by atoms with Crippen LogP contribution in [0.2, 0.25) is 0 Å². The van der Waals surface area contributed by atoms with Crippen LogP contribution in [0, 0.1) is 5.92 Å². The fourth-order valence-corrected chi connectivity index (χ4v) is 6.15. The third-order valence-corrected chi connectivity index (χ3v) is 8.02. The maximum atomic E-state index is 13.8. The van der Waals surface area contributed by atoms with E-state index in [-0.39, 0.29) is 23.8 Å². The molecule has 194 valence electrons. The maximum absolute atomic E-state index is 13.8. The largest absolute Gasteiger partial charge is 0.493 e. The van der Waals surface area contributed by atoms with Crippen LogP contribution in [0.15, 0.2) is 64.8 Å². The number of nitrogens with zero attached hydrogens (tertiary/aromatic N) is 1. The highest BCUT2D eigenvalue weighted by Gasteiger charge is 2.45. The molecule has 6 nitrogen and oxygen atoms in total. The van der Waals surface area contributed by atoms with Gasteiger partial charge in [-0.1, -0.05) is 42.8 Å². The van der Waals surface area contributed by atoms with Crippen molar-refractivity contribution >= 4 is 17.5 Å². The quantitative estimate of drug-likeness (QED) is 0.444. The summed E-state index contributed by atoms with van der Waals surface area (Å²) in [5, 5.41) is 0. The van der Waals surface area contributed by atoms with Crippen molar-refractivity contribution in [1.82, 2.24) is 0 Å². The highest BCUT2D eigenvalue weighted by molar-refractivity contribution is 6.09. The van der Waals surface area contributed by atoms with Gasteiger partial charge in [0.2, 0.25) is 0 Å². The van der Waals surface area contributed by atoms with Gasteiger partial charge in [-0.2, -0.15) is 0 Å². The Morgan fingerprint density at radius 3 is 2.32 bits per heavy atom. The summed E-state index contributed by atoms with van der Waals surface area (Å²) in [6.07, 6.45) is 6.09. The van der Waals surface area contributed by atoms with E-state index in [4.69, 9.17) is 19.2 Å². The van der Waals surface area contributed by atoms with Crippen LogP contribution in [0.25, 0.3) is 0 Å². The number of ether oxygens (including phenoxy) is 3. The number of methoxy groups -OCH3 is 2. The van der Waals surface area contributed by atoms with Crippen molar-refractivity contribution in [3.05, 3.63) is 70.9 Å². The first-order valence-corrected chi connectivity index (χ1v) is 13.3. The second-order valence-electron chi connectivity index (χ2n) is 10.3. The second-order valence-corrected chi connectivity index (χ2v) is 10.3. The van der Waals surface area contributed by atoms with Crippen molar-refractivity contribution in [2.45, 2.75) is 69.8 Å². The minimum Gasteiger partial charge on any atom is -0.493 e. The first-order chi connectivity index (χ1) is 18.0. The number of aliphatic imine (C=N–C) groups is 1. The topological polar surface area (TPSA) is 74.2 Å². The van der Waals surface area contributed by atoms with Crippen LogP contribution in [0.5, 0.6) is 11.5 Å². The molecule has 0 spiro atoms. The number of allylic oxidation sites excluding steroid dienone is 2. The number of carbonyl (C=O) groups is 2. The molecule has 0 bridgehead atoms. The van der Waals surface area contributed by atoms with E-state index in [0.29, 0.717) is 35.6 Å². The molecule has 0 saturated heterocycles. The van der Waals surface area contributed by atoms with Crippen molar-refractivity contribution in [3.8, 4) is 11.5 Å². The zero-order valence-corrected chi connectivity index (χ0v) is 21.9. The molecule has 6 heteroatoms. The predicted octanol–water partition coefficient (Wildman–Crippen LogP) is 6.15. The van der Waals surface area contributed by atoms with Gasteiger partial charge in [0.25, 0.3) is 0 Å². The number of rotatable bonds is 6. The summed E-state index contributed by atoms with van der Waals surface area (Å²) in [6.45, 7) is 1.89. The number of Topliss-reactive ketones (excluding diaryl/α,β-unsaturated/α-hetero) is 1. The van der Waals surface area contributed by atoms with Crippen LogP contribution in [-0.4, -0.2) is 37.8 Å². The molecule has 3 aliphatic rings. The van der Waals surface area contributed by atoms with Crippen LogP contribution in [0.3, 0.4) is 0 Å². The van der Waals surface area contributed by atoms with Crippen LogP contribution < -0.4 is 9.47 Å². The van der Waals surface area contributed by atoms with Gasteiger partial charge < -0.3 is 14.2 Å². The Morgan fingerprint density at radius 1 is 0.892 bits per heavy atom. The molecule has 2 aromatic rings. The summed E-state index contributed by atoms with van der Waals surface area (Å²) in [5.74, 6) is -0.155. The molecule has 1 heterocycles. The summed E-state index contributed by atoms with van der Waals surface area (Å²) < 4.78 is 17.1. The van der Waals surface area contributed by atoms with E-state index in [2.05, 4.69) is 12.1 Å². The predicted molar refractivity (Wildman–Crippen MR) is 142 cm³/mol. The number of hydrogen-bond donors (Lipinski definition) is 0. The molecule has 37 heavy (non-hydrogen) atoms. The molecule has 0 aromatic heterocycles. The van der Waals surface area contributed by atoms with Crippen molar-refractivity contribution in [2.75, 3.05) is 14.2 Å². The number of carbonyl (C=O) groups excluding carboxylic acids is 2. The lowest BCUT2D eigenvalue weighted by atomic mass is 9.69. The van der Waals surface area contributed by atoms with Crippen LogP contribution in [0.1, 0.15) is 74.8 Å². The van der Waals surface area contributed by atoms with E-state index < -0.39 is 11.8 Å². The van der Waals surface area contributed by atoms with E-state index in [1.165, 1.54) is 6.42 Å². The number of esters is 1. The van der Waals surface area contributed by atoms with Gasteiger partial charge in [-0.05, 0) is 68.2 Å². The molecule has 2 aliphatic carbocycles. The molecule has 1 unspecified atom stereocenters. The maximum Gasteiger partial charge on any atom is 0.315 e. The molecule has 1 saturated carbocycles. The Bertz CT molecular complexity index is 1230. The monoisotopic (exact) mass is 501 g/mol. The van der Waals surface area contributed by atoms with Gasteiger partial charge in [0.1, 0.15) is 12.0 Å². The number of ketones is 1. The Balaban J connectivity index is 1.56. The Hall–Kier alpha value is -3.41. The zero-order chi connectivity index (χ0) is 25.9. The van der Waals surface area contributed by atoms with Crippen molar-refractivity contribution in [3.63, 3.8) is 0 Å². The molecule has 3 atom stereocenters. The van der Waals surface area contributed by atoms with Crippen molar-refractivity contribution < 1.29 is 23.8 Å². The standard InChI is InChI=1S/C31H35NO5/c1-19-28(31(34)37-23-12-8-5-9-13-23)29(21-14-15-26(35-2)27(18-21)36-3)30-24(32-19)16-22(17-25(30)33)20-10-6-4-7-11-20/h4,6-7,10-11,14-15,18,22-23,28-29H,5,8-9,12-13,16-17H2,1-3H3/t22-,28?,29-/m0/s1. The van der Waals surface area contributed by atoms with Gasteiger partial charge >= 0.3 is 5.97 Å². The minimum atomic E-state index is -0.656. The second kappa shape index (κ2) is 10.9. The highest BCUT2D eigenvalue weighted by atomic mass is 16.5. The molecular weight excluding hydrogens is 466 g/mol. The summed E-state index contributed by atoms with van der Waals surface area (Å²) in [4.78, 5) is 32.4. The summed E-state index contributed by atoms with van der Waals surface area (Å²) in [7, 11) is 3.18. The minimum absolute atomic E-state index is 0.0432. The number of hydrogen-bond acceptors (Lipinski definition) is 6. The third-order valence-electron chi connectivity index (χ3n) is 8.02. The lowest BCUT2D eigenvalue weighted by Gasteiger charge is -2.37. The van der Waals surface area contributed by atoms with E-state index in [1.54, 1.807) is 14.2 Å².